The highest BCUT2D eigenvalue weighted by Crippen LogP contribution is 2.42. The maximum Gasteiger partial charge on any atom is 0.398 e. The number of ether oxygens (including phenoxy) is 2. The molecule has 2 unspecified atom stereocenters. The molecular weight excluding hydrogens is 513 g/mol. The second kappa shape index (κ2) is 12.3. The van der Waals surface area contributed by atoms with Crippen LogP contribution >= 0.6 is 0 Å². The van der Waals surface area contributed by atoms with Crippen molar-refractivity contribution in [3.8, 4) is 5.75 Å². The van der Waals surface area contributed by atoms with Crippen LogP contribution in [0, 0.1) is 46.8 Å². The van der Waals surface area contributed by atoms with Crippen LogP contribution in [0.4, 0.5) is 30.7 Å². The van der Waals surface area contributed by atoms with Gasteiger partial charge in [0, 0.05) is 17.7 Å². The predicted octanol–water partition coefficient (Wildman–Crippen LogP) is 9.06. The highest BCUT2D eigenvalue weighted by molar-refractivity contribution is 5.29. The average Bonchev–Trinajstić information content (AvgIpc) is 2.89. The van der Waals surface area contributed by atoms with Gasteiger partial charge in [-0.05, 0) is 55.4 Å². The molecule has 38 heavy (non-hydrogen) atoms. The predicted molar refractivity (Wildman–Crippen MR) is 128 cm³/mol. The Hall–Kier alpha value is -2.29. The van der Waals surface area contributed by atoms with Crippen molar-refractivity contribution in [3.05, 3.63) is 64.5 Å². The van der Waals surface area contributed by atoms with Gasteiger partial charge in [-0.1, -0.05) is 44.7 Å². The molecule has 4 rings (SSSR count). The number of halogens is 7. The maximum absolute atomic E-state index is 14.9. The maximum atomic E-state index is 14.9. The van der Waals surface area contributed by atoms with Crippen molar-refractivity contribution < 1.29 is 40.2 Å². The Labute approximate surface area is 218 Å². The van der Waals surface area contributed by atoms with E-state index in [2.05, 4.69) is 11.7 Å². The van der Waals surface area contributed by atoms with Crippen molar-refractivity contribution in [1.82, 2.24) is 0 Å². The van der Waals surface area contributed by atoms with Crippen LogP contribution < -0.4 is 4.74 Å². The van der Waals surface area contributed by atoms with E-state index in [4.69, 9.17) is 4.74 Å². The average molecular weight is 547 g/mol. The summed E-state index contributed by atoms with van der Waals surface area (Å²) < 4.78 is 108. The Morgan fingerprint density at radius 3 is 2.11 bits per heavy atom. The fraction of sp³-hybridized carbons (Fsp3) is 0.586. The normalized spacial score (nSPS) is 24.4. The molecule has 0 spiro atoms. The van der Waals surface area contributed by atoms with Gasteiger partial charge < -0.3 is 9.47 Å². The number of alkyl halides is 2. The Bertz CT molecular complexity index is 1070. The van der Waals surface area contributed by atoms with Gasteiger partial charge in [0.25, 0.3) is 0 Å². The molecule has 0 bridgehead atoms. The van der Waals surface area contributed by atoms with Crippen LogP contribution in [0.2, 0.25) is 0 Å². The first-order valence-electron chi connectivity index (χ1n) is 13.4. The van der Waals surface area contributed by atoms with E-state index in [1.54, 1.807) is 0 Å². The lowest BCUT2D eigenvalue weighted by atomic mass is 9.73. The zero-order valence-electron chi connectivity index (χ0n) is 21.4. The minimum absolute atomic E-state index is 0.0663. The Balaban J connectivity index is 1.32. The molecule has 1 saturated heterocycles. The third-order valence-corrected chi connectivity index (χ3v) is 8.02. The first-order valence-corrected chi connectivity index (χ1v) is 13.4. The number of rotatable bonds is 9. The van der Waals surface area contributed by atoms with Gasteiger partial charge in [-0.15, -0.1) is 0 Å². The fourth-order valence-electron chi connectivity index (χ4n) is 5.89. The van der Waals surface area contributed by atoms with Gasteiger partial charge >= 0.3 is 6.11 Å². The van der Waals surface area contributed by atoms with Crippen LogP contribution in [-0.4, -0.2) is 12.7 Å². The van der Waals surface area contributed by atoms with Gasteiger partial charge in [-0.2, -0.15) is 8.78 Å². The van der Waals surface area contributed by atoms with Crippen LogP contribution in [-0.2, 0) is 11.2 Å². The van der Waals surface area contributed by atoms with Crippen molar-refractivity contribution >= 4 is 0 Å². The molecule has 210 valence electrons. The van der Waals surface area contributed by atoms with E-state index >= 15 is 0 Å². The minimum Gasteiger partial charge on any atom is -0.432 e. The van der Waals surface area contributed by atoms with E-state index in [0.717, 1.165) is 12.3 Å². The molecule has 0 amide bonds. The zero-order chi connectivity index (χ0) is 27.4. The number of benzene rings is 2. The summed E-state index contributed by atoms with van der Waals surface area (Å²) in [5.41, 5.74) is -0.222. The monoisotopic (exact) mass is 546 g/mol. The third kappa shape index (κ3) is 6.82. The highest BCUT2D eigenvalue weighted by Gasteiger charge is 2.35. The van der Waals surface area contributed by atoms with Gasteiger partial charge in [0.2, 0.25) is 0 Å². The van der Waals surface area contributed by atoms with E-state index in [-0.39, 0.29) is 23.3 Å². The lowest BCUT2D eigenvalue weighted by Gasteiger charge is -2.38. The van der Waals surface area contributed by atoms with Gasteiger partial charge in [0.1, 0.15) is 5.75 Å². The molecule has 2 nitrogen and oxygen atoms in total. The highest BCUT2D eigenvalue weighted by atomic mass is 19.3. The van der Waals surface area contributed by atoms with E-state index < -0.39 is 59.9 Å². The summed E-state index contributed by atoms with van der Waals surface area (Å²) >= 11 is 0. The van der Waals surface area contributed by atoms with E-state index in [1.807, 2.05) is 0 Å². The standard InChI is InChI=1S/C29H33F7O2/c1-2-3-17-4-6-18(7-5-17)20-9-11-25(37-16-20)22-10-8-19(26(32)27(22)33)12-13-29(35,36)38-21-14-23(30)28(34)24(31)15-21/h8,10,14-15,17-18,20,25H,2-7,9,11-13,16H2,1H3. The fourth-order valence-corrected chi connectivity index (χ4v) is 5.89. The summed E-state index contributed by atoms with van der Waals surface area (Å²) in [6, 6.07) is 3.17. The van der Waals surface area contributed by atoms with Crippen molar-refractivity contribution in [2.75, 3.05) is 6.61 Å². The van der Waals surface area contributed by atoms with Crippen molar-refractivity contribution in [2.45, 2.75) is 83.3 Å². The number of hydrogen-bond acceptors (Lipinski definition) is 2. The van der Waals surface area contributed by atoms with Crippen molar-refractivity contribution in [2.24, 2.45) is 17.8 Å². The first-order chi connectivity index (χ1) is 18.1. The third-order valence-electron chi connectivity index (χ3n) is 8.02. The molecule has 1 aliphatic carbocycles. The van der Waals surface area contributed by atoms with Crippen LogP contribution in [0.15, 0.2) is 24.3 Å². The molecule has 1 aliphatic heterocycles. The van der Waals surface area contributed by atoms with Gasteiger partial charge in [0.05, 0.1) is 19.1 Å². The Kier molecular flexibility index (Phi) is 9.27. The SMILES string of the molecule is CCCC1CCC(C2CCC(c3ccc(CCC(F)(F)Oc4cc(F)c(F)c(F)c4)c(F)c3F)OC2)CC1. The zero-order valence-corrected chi connectivity index (χ0v) is 21.4. The Morgan fingerprint density at radius 1 is 0.842 bits per heavy atom. The second-order valence-corrected chi connectivity index (χ2v) is 10.6. The quantitative estimate of drug-likeness (QED) is 0.231. The van der Waals surface area contributed by atoms with Crippen LogP contribution in [0.3, 0.4) is 0 Å². The van der Waals surface area contributed by atoms with Crippen LogP contribution in [0.5, 0.6) is 5.75 Å². The largest absolute Gasteiger partial charge is 0.432 e. The van der Waals surface area contributed by atoms with Gasteiger partial charge in [-0.3, -0.25) is 0 Å². The first kappa shape index (κ1) is 28.7. The smallest absolute Gasteiger partial charge is 0.398 e. The summed E-state index contributed by atoms with van der Waals surface area (Å²) in [7, 11) is 0. The molecule has 9 heteroatoms. The van der Waals surface area contributed by atoms with Crippen molar-refractivity contribution in [3.63, 3.8) is 0 Å². The molecule has 2 aromatic carbocycles. The molecular formula is C29H33F7O2. The summed E-state index contributed by atoms with van der Waals surface area (Å²) in [5.74, 6) is -6.66. The van der Waals surface area contributed by atoms with Crippen LogP contribution in [0.25, 0.3) is 0 Å². The number of aryl methyl sites for hydroxylation is 1. The molecule has 0 N–H and O–H groups in total. The van der Waals surface area contributed by atoms with Crippen LogP contribution in [0.1, 0.15) is 81.9 Å². The lowest BCUT2D eigenvalue weighted by Crippen LogP contribution is -2.30. The molecule has 2 aromatic rings. The second-order valence-electron chi connectivity index (χ2n) is 10.6. The molecule has 2 aliphatic rings. The molecule has 0 radical (unpaired) electrons. The molecule has 1 saturated carbocycles. The summed E-state index contributed by atoms with van der Waals surface area (Å²) in [5, 5.41) is 0. The molecule has 2 atom stereocenters. The summed E-state index contributed by atoms with van der Waals surface area (Å²) in [6.07, 6.45) is 2.49. The molecule has 0 aromatic heterocycles. The van der Waals surface area contributed by atoms with E-state index in [0.29, 0.717) is 24.9 Å². The summed E-state index contributed by atoms with van der Waals surface area (Å²) in [6.45, 7) is 2.70. The Morgan fingerprint density at radius 2 is 1.50 bits per heavy atom. The lowest BCUT2D eigenvalue weighted by molar-refractivity contribution is -0.180. The minimum atomic E-state index is -3.96. The topological polar surface area (TPSA) is 18.5 Å². The molecule has 2 fully saturated rings. The number of hydrogen-bond donors (Lipinski definition) is 0. The van der Waals surface area contributed by atoms with Gasteiger partial charge in [-0.25, -0.2) is 22.0 Å². The van der Waals surface area contributed by atoms with E-state index in [9.17, 15) is 30.7 Å². The molecule has 1 heterocycles. The van der Waals surface area contributed by atoms with Gasteiger partial charge in [0.15, 0.2) is 29.1 Å². The summed E-state index contributed by atoms with van der Waals surface area (Å²) in [4.78, 5) is 0. The van der Waals surface area contributed by atoms with Crippen molar-refractivity contribution in [1.29, 1.82) is 0 Å². The van der Waals surface area contributed by atoms with E-state index in [1.165, 1.54) is 50.7 Å².